The van der Waals surface area contributed by atoms with Gasteiger partial charge in [0.25, 0.3) is 0 Å². The second-order valence-corrected chi connectivity index (χ2v) is 17.8. The Hall–Kier alpha value is -2.11. The van der Waals surface area contributed by atoms with E-state index >= 15 is 0 Å². The van der Waals surface area contributed by atoms with E-state index in [-0.39, 0.29) is 31.1 Å². The van der Waals surface area contributed by atoms with Crippen LogP contribution >= 0.6 is 0 Å². The molecule has 0 bridgehead atoms. The van der Waals surface area contributed by atoms with Crippen molar-refractivity contribution in [3.63, 3.8) is 0 Å². The molecule has 0 fully saturated rings. The molecule has 0 aromatic rings. The van der Waals surface area contributed by atoms with Gasteiger partial charge in [0.2, 0.25) is 0 Å². The third-order valence-electron chi connectivity index (χ3n) is 11.7. The van der Waals surface area contributed by atoms with Gasteiger partial charge < -0.3 is 14.2 Å². The molecule has 0 aliphatic heterocycles. The first kappa shape index (κ1) is 57.9. The van der Waals surface area contributed by atoms with E-state index < -0.39 is 6.10 Å². The van der Waals surface area contributed by atoms with Crippen molar-refractivity contribution in [3.05, 3.63) is 24.3 Å². The molecule has 0 amide bonds. The Morgan fingerprint density at radius 3 is 0.883 bits per heavy atom. The van der Waals surface area contributed by atoms with Crippen molar-refractivity contribution in [2.75, 3.05) is 13.2 Å². The molecular formula is C54H100O6. The fraction of sp³-hybridized carbons (Fsp3) is 0.870. The highest BCUT2D eigenvalue weighted by atomic mass is 16.6. The molecule has 1 unspecified atom stereocenters. The van der Waals surface area contributed by atoms with Gasteiger partial charge in [-0.3, -0.25) is 14.4 Å². The minimum absolute atomic E-state index is 0.0761. The maximum atomic E-state index is 12.8. The molecule has 60 heavy (non-hydrogen) atoms. The number of hydrogen-bond donors (Lipinski definition) is 0. The van der Waals surface area contributed by atoms with Crippen molar-refractivity contribution in [2.45, 2.75) is 290 Å². The normalized spacial score (nSPS) is 12.1. The van der Waals surface area contributed by atoms with Gasteiger partial charge in [-0.2, -0.15) is 0 Å². The molecule has 0 aromatic carbocycles. The molecule has 0 N–H and O–H groups in total. The average molecular weight is 845 g/mol. The van der Waals surface area contributed by atoms with Gasteiger partial charge in [0, 0.05) is 19.3 Å². The van der Waals surface area contributed by atoms with E-state index in [4.69, 9.17) is 14.2 Å². The van der Waals surface area contributed by atoms with Crippen molar-refractivity contribution in [2.24, 2.45) is 0 Å². The minimum atomic E-state index is -0.777. The summed E-state index contributed by atoms with van der Waals surface area (Å²) in [7, 11) is 0. The first-order valence-electron chi connectivity index (χ1n) is 26.3. The van der Waals surface area contributed by atoms with Crippen LogP contribution in [0.5, 0.6) is 0 Å². The Morgan fingerprint density at radius 1 is 0.317 bits per heavy atom. The van der Waals surface area contributed by atoms with Gasteiger partial charge >= 0.3 is 17.9 Å². The largest absolute Gasteiger partial charge is 0.462 e. The molecule has 0 saturated heterocycles. The zero-order chi connectivity index (χ0) is 43.7. The van der Waals surface area contributed by atoms with Gasteiger partial charge in [0.05, 0.1) is 0 Å². The minimum Gasteiger partial charge on any atom is -0.462 e. The Labute approximate surface area is 373 Å². The maximum absolute atomic E-state index is 12.8. The van der Waals surface area contributed by atoms with Crippen LogP contribution in [0.4, 0.5) is 0 Å². The highest BCUT2D eigenvalue weighted by Crippen LogP contribution is 2.16. The standard InChI is InChI=1S/C54H100O6/c1-4-7-10-13-16-19-22-25-27-28-30-32-35-38-41-44-47-53(56)59-50-51(49-58-52(55)46-43-40-37-34-31-24-21-18-15-12-9-6-3)60-54(57)48-45-42-39-36-33-29-26-23-20-17-14-11-8-5-2/h18,21,29,33,51H,4-17,19-20,22-28,30-32,34-50H2,1-3H3/b21-18-,33-29-. The smallest absolute Gasteiger partial charge is 0.306 e. The SMILES string of the molecule is CCCCC/C=C\CCCCCCCC(=O)OCC(COC(=O)CCCCCCCCCCCCCCCCCC)OC(=O)CCCCC/C=C\CCCCCCCCC. The monoisotopic (exact) mass is 845 g/mol. The van der Waals surface area contributed by atoms with Crippen molar-refractivity contribution in [3.8, 4) is 0 Å². The Bertz CT molecular complexity index is 973. The van der Waals surface area contributed by atoms with E-state index in [2.05, 4.69) is 45.1 Å². The van der Waals surface area contributed by atoms with Crippen molar-refractivity contribution < 1.29 is 28.6 Å². The van der Waals surface area contributed by atoms with Crippen LogP contribution in [0, 0.1) is 0 Å². The van der Waals surface area contributed by atoms with Crippen LogP contribution in [-0.4, -0.2) is 37.2 Å². The number of unbranched alkanes of at least 4 members (excludes halogenated alkanes) is 33. The van der Waals surface area contributed by atoms with Gasteiger partial charge in [-0.05, 0) is 70.6 Å². The summed E-state index contributed by atoms with van der Waals surface area (Å²) in [4.78, 5) is 37.9. The van der Waals surface area contributed by atoms with Crippen molar-refractivity contribution >= 4 is 17.9 Å². The number of carbonyl (C=O) groups is 3. The molecule has 0 spiro atoms. The van der Waals surface area contributed by atoms with E-state index in [1.807, 2.05) is 0 Å². The van der Waals surface area contributed by atoms with Gasteiger partial charge in [0.15, 0.2) is 6.10 Å². The molecule has 0 aliphatic carbocycles. The zero-order valence-corrected chi connectivity index (χ0v) is 40.2. The first-order chi connectivity index (χ1) is 29.5. The highest BCUT2D eigenvalue weighted by Gasteiger charge is 2.19. The van der Waals surface area contributed by atoms with Gasteiger partial charge in [-0.25, -0.2) is 0 Å². The molecule has 0 aliphatic rings. The topological polar surface area (TPSA) is 78.9 Å². The summed E-state index contributed by atoms with van der Waals surface area (Å²) < 4.78 is 16.8. The molecular weight excluding hydrogens is 745 g/mol. The first-order valence-corrected chi connectivity index (χ1v) is 26.3. The van der Waals surface area contributed by atoms with Crippen molar-refractivity contribution in [1.82, 2.24) is 0 Å². The number of carbonyl (C=O) groups excluding carboxylic acids is 3. The lowest BCUT2D eigenvalue weighted by atomic mass is 10.0. The van der Waals surface area contributed by atoms with Crippen LogP contribution in [0.15, 0.2) is 24.3 Å². The van der Waals surface area contributed by atoms with Gasteiger partial charge in [-0.15, -0.1) is 0 Å². The number of ether oxygens (including phenoxy) is 3. The molecule has 6 heteroatoms. The van der Waals surface area contributed by atoms with Crippen LogP contribution < -0.4 is 0 Å². The number of hydrogen-bond acceptors (Lipinski definition) is 6. The van der Waals surface area contributed by atoms with Crippen LogP contribution in [-0.2, 0) is 28.6 Å². The fourth-order valence-electron chi connectivity index (χ4n) is 7.67. The third kappa shape index (κ3) is 46.9. The predicted octanol–water partition coefficient (Wildman–Crippen LogP) is 17.2. The van der Waals surface area contributed by atoms with Crippen LogP contribution in [0.3, 0.4) is 0 Å². The second kappa shape index (κ2) is 49.5. The Morgan fingerprint density at radius 2 is 0.550 bits per heavy atom. The summed E-state index contributed by atoms with van der Waals surface area (Å²) in [6.07, 6.45) is 55.9. The van der Waals surface area contributed by atoms with Crippen LogP contribution in [0.2, 0.25) is 0 Å². The summed E-state index contributed by atoms with van der Waals surface area (Å²) in [5.74, 6) is -0.888. The van der Waals surface area contributed by atoms with E-state index in [0.717, 1.165) is 77.0 Å². The quantitative estimate of drug-likeness (QED) is 0.0263. The van der Waals surface area contributed by atoms with Gasteiger partial charge in [-0.1, -0.05) is 218 Å². The Kier molecular flexibility index (Phi) is 47.8. The Balaban J connectivity index is 4.35. The maximum Gasteiger partial charge on any atom is 0.306 e. The second-order valence-electron chi connectivity index (χ2n) is 17.8. The molecule has 0 aromatic heterocycles. The summed E-state index contributed by atoms with van der Waals surface area (Å²) in [5, 5.41) is 0. The average Bonchev–Trinajstić information content (AvgIpc) is 3.24. The van der Waals surface area contributed by atoms with Crippen molar-refractivity contribution in [1.29, 1.82) is 0 Å². The summed E-state index contributed by atoms with van der Waals surface area (Å²) in [6.45, 7) is 6.62. The molecule has 0 rings (SSSR count). The molecule has 0 radical (unpaired) electrons. The van der Waals surface area contributed by atoms with E-state index in [0.29, 0.717) is 19.3 Å². The summed E-state index contributed by atoms with van der Waals surface area (Å²) >= 11 is 0. The van der Waals surface area contributed by atoms with E-state index in [1.54, 1.807) is 0 Å². The predicted molar refractivity (Wildman–Crippen MR) is 256 cm³/mol. The molecule has 0 heterocycles. The number of rotatable bonds is 48. The van der Waals surface area contributed by atoms with E-state index in [9.17, 15) is 14.4 Å². The van der Waals surface area contributed by atoms with Crippen LogP contribution in [0.25, 0.3) is 0 Å². The zero-order valence-electron chi connectivity index (χ0n) is 40.2. The number of esters is 3. The lowest BCUT2D eigenvalue weighted by molar-refractivity contribution is -0.167. The van der Waals surface area contributed by atoms with Crippen LogP contribution in [0.1, 0.15) is 284 Å². The summed E-state index contributed by atoms with van der Waals surface area (Å²) in [5.41, 5.74) is 0. The molecule has 1 atom stereocenters. The molecule has 0 saturated carbocycles. The molecule has 352 valence electrons. The van der Waals surface area contributed by atoms with E-state index in [1.165, 1.54) is 167 Å². The lowest BCUT2D eigenvalue weighted by Gasteiger charge is -2.18. The number of allylic oxidation sites excluding steroid dienone is 4. The van der Waals surface area contributed by atoms with Gasteiger partial charge in [0.1, 0.15) is 13.2 Å². The highest BCUT2D eigenvalue weighted by molar-refractivity contribution is 5.71. The third-order valence-corrected chi connectivity index (χ3v) is 11.7. The fourth-order valence-corrected chi connectivity index (χ4v) is 7.67. The summed E-state index contributed by atoms with van der Waals surface area (Å²) in [6, 6.07) is 0. The molecule has 6 nitrogen and oxygen atoms in total. The lowest BCUT2D eigenvalue weighted by Crippen LogP contribution is -2.30.